The second kappa shape index (κ2) is 10.4. The lowest BCUT2D eigenvalue weighted by molar-refractivity contribution is 0.167. The normalized spacial score (nSPS) is 20.8. The Balaban J connectivity index is 2.24. The summed E-state index contributed by atoms with van der Waals surface area (Å²) in [6.07, 6.45) is 12.8. The van der Waals surface area contributed by atoms with Crippen LogP contribution in [0.2, 0.25) is 0 Å². The summed E-state index contributed by atoms with van der Waals surface area (Å²) >= 11 is 0. The molecule has 0 aromatic heterocycles. The topological polar surface area (TPSA) is 12.5 Å². The van der Waals surface area contributed by atoms with Crippen LogP contribution in [0, 0.1) is 5.92 Å². The monoisotopic (exact) mass is 289 g/mol. The van der Waals surface area contributed by atoms with Gasteiger partial charge >= 0.3 is 0 Å². The summed E-state index contributed by atoms with van der Waals surface area (Å²) in [5.74, 6) is 1.46. The Kier molecular flexibility index (Phi) is 8.84. The van der Waals surface area contributed by atoms with E-state index in [1.54, 1.807) is 0 Å². The molecular formula is C19H31NO. The number of ether oxygens (including phenoxy) is 1. The van der Waals surface area contributed by atoms with Gasteiger partial charge in [0.15, 0.2) is 0 Å². The highest BCUT2D eigenvalue weighted by Gasteiger charge is 2.18. The molecule has 0 spiro atoms. The highest BCUT2D eigenvalue weighted by atomic mass is 16.5. The van der Waals surface area contributed by atoms with Crippen LogP contribution in [0.4, 0.5) is 0 Å². The fourth-order valence-electron chi connectivity index (χ4n) is 2.70. The van der Waals surface area contributed by atoms with Crippen LogP contribution in [0.25, 0.3) is 0 Å². The summed E-state index contributed by atoms with van der Waals surface area (Å²) in [4.78, 5) is 2.51. The van der Waals surface area contributed by atoms with Crippen molar-refractivity contribution >= 4 is 0 Å². The van der Waals surface area contributed by atoms with Crippen molar-refractivity contribution in [1.82, 2.24) is 4.90 Å². The molecule has 1 heterocycles. The predicted octanol–water partition coefficient (Wildman–Crippen LogP) is 4.72. The van der Waals surface area contributed by atoms with Gasteiger partial charge in [-0.05, 0) is 57.7 Å². The number of nitrogens with zero attached hydrogens (tertiary/aromatic N) is 1. The number of hydrogen-bond acceptors (Lipinski definition) is 2. The number of allylic oxidation sites excluding steroid dienone is 5. The Labute approximate surface area is 130 Å². The second-order valence-electron chi connectivity index (χ2n) is 5.68. The molecule has 0 radical (unpaired) electrons. The molecule has 0 aliphatic carbocycles. The molecule has 1 aliphatic heterocycles. The number of likely N-dealkylation sites (tertiary alicyclic amines) is 1. The summed E-state index contributed by atoms with van der Waals surface area (Å²) in [5, 5.41) is 0. The number of rotatable bonds is 8. The van der Waals surface area contributed by atoms with Gasteiger partial charge in [-0.15, -0.1) is 0 Å². The fraction of sp³-hybridized carbons (Fsp3) is 0.579. The molecule has 1 saturated heterocycles. The van der Waals surface area contributed by atoms with Crippen LogP contribution in [0.15, 0.2) is 48.8 Å². The van der Waals surface area contributed by atoms with Crippen molar-refractivity contribution in [1.29, 1.82) is 0 Å². The Morgan fingerprint density at radius 2 is 2.05 bits per heavy atom. The van der Waals surface area contributed by atoms with Crippen molar-refractivity contribution in [3.8, 4) is 0 Å². The van der Waals surface area contributed by atoms with Crippen molar-refractivity contribution in [2.24, 2.45) is 5.92 Å². The van der Waals surface area contributed by atoms with Gasteiger partial charge in [-0.3, -0.25) is 4.90 Å². The highest BCUT2D eigenvalue weighted by Crippen LogP contribution is 2.25. The zero-order chi connectivity index (χ0) is 15.5. The lowest BCUT2D eigenvalue weighted by Crippen LogP contribution is -2.28. The molecule has 0 aromatic rings. The highest BCUT2D eigenvalue weighted by molar-refractivity contribution is 5.13. The SMILES string of the molecule is C=C(/C=C\C=C/C)OCCN1CCCC(C(=C)CC)CC1. The van der Waals surface area contributed by atoms with E-state index in [9.17, 15) is 0 Å². The van der Waals surface area contributed by atoms with Crippen molar-refractivity contribution in [2.45, 2.75) is 39.5 Å². The Hall–Kier alpha value is -1.28. The van der Waals surface area contributed by atoms with Gasteiger partial charge in [0.2, 0.25) is 0 Å². The molecule has 0 aromatic carbocycles. The van der Waals surface area contributed by atoms with Gasteiger partial charge in [0.05, 0.1) is 0 Å². The quantitative estimate of drug-likeness (QED) is 0.364. The van der Waals surface area contributed by atoms with Crippen LogP contribution in [-0.2, 0) is 4.74 Å². The molecule has 21 heavy (non-hydrogen) atoms. The standard InChI is InChI=1S/C19H31NO/c1-5-7-8-10-18(4)21-16-15-20-13-9-11-19(12-14-20)17(3)6-2/h5,7-8,10,19H,3-4,6,9,11-16H2,1-2H3/b7-5-,10-8-. The summed E-state index contributed by atoms with van der Waals surface area (Å²) in [7, 11) is 0. The van der Waals surface area contributed by atoms with Gasteiger partial charge in [0.25, 0.3) is 0 Å². The van der Waals surface area contributed by atoms with Crippen molar-refractivity contribution in [3.63, 3.8) is 0 Å². The molecule has 0 amide bonds. The van der Waals surface area contributed by atoms with E-state index in [0.29, 0.717) is 0 Å². The average Bonchev–Trinajstić information content (AvgIpc) is 2.72. The summed E-state index contributed by atoms with van der Waals surface area (Å²) in [6.45, 7) is 16.4. The fourth-order valence-corrected chi connectivity index (χ4v) is 2.70. The van der Waals surface area contributed by atoms with Crippen molar-refractivity contribution < 1.29 is 4.74 Å². The van der Waals surface area contributed by atoms with E-state index in [-0.39, 0.29) is 0 Å². The van der Waals surface area contributed by atoms with E-state index in [1.807, 2.05) is 31.2 Å². The first-order chi connectivity index (χ1) is 10.2. The maximum absolute atomic E-state index is 5.65. The molecule has 1 aliphatic rings. The first-order valence-corrected chi connectivity index (χ1v) is 8.18. The molecule has 2 nitrogen and oxygen atoms in total. The molecule has 2 heteroatoms. The molecule has 1 rings (SSSR count). The lowest BCUT2D eigenvalue weighted by Gasteiger charge is -2.20. The molecule has 1 fully saturated rings. The van der Waals surface area contributed by atoms with E-state index in [4.69, 9.17) is 4.74 Å². The Morgan fingerprint density at radius 1 is 1.24 bits per heavy atom. The van der Waals surface area contributed by atoms with Crippen molar-refractivity contribution in [2.75, 3.05) is 26.2 Å². The van der Waals surface area contributed by atoms with Crippen LogP contribution in [0.1, 0.15) is 39.5 Å². The van der Waals surface area contributed by atoms with E-state index < -0.39 is 0 Å². The number of hydrogen-bond donors (Lipinski definition) is 0. The molecule has 1 atom stereocenters. The Bertz CT molecular complexity index is 381. The van der Waals surface area contributed by atoms with Gasteiger partial charge < -0.3 is 4.74 Å². The van der Waals surface area contributed by atoms with E-state index in [0.717, 1.165) is 37.8 Å². The van der Waals surface area contributed by atoms with E-state index in [2.05, 4.69) is 25.0 Å². The zero-order valence-corrected chi connectivity index (χ0v) is 13.8. The van der Waals surface area contributed by atoms with E-state index in [1.165, 1.54) is 31.4 Å². The van der Waals surface area contributed by atoms with Crippen LogP contribution in [-0.4, -0.2) is 31.1 Å². The molecule has 0 saturated carbocycles. The molecule has 1 unspecified atom stereocenters. The minimum atomic E-state index is 0.721. The summed E-state index contributed by atoms with van der Waals surface area (Å²) in [6, 6.07) is 0. The first-order valence-electron chi connectivity index (χ1n) is 8.18. The summed E-state index contributed by atoms with van der Waals surface area (Å²) < 4.78 is 5.65. The van der Waals surface area contributed by atoms with Crippen LogP contribution >= 0.6 is 0 Å². The average molecular weight is 289 g/mol. The maximum Gasteiger partial charge on any atom is 0.112 e. The van der Waals surface area contributed by atoms with Crippen molar-refractivity contribution in [3.05, 3.63) is 48.8 Å². The molecule has 0 N–H and O–H groups in total. The third kappa shape index (κ3) is 7.33. The van der Waals surface area contributed by atoms with Crippen LogP contribution in [0.3, 0.4) is 0 Å². The van der Waals surface area contributed by atoms with Gasteiger partial charge in [-0.25, -0.2) is 0 Å². The predicted molar refractivity (Wildman–Crippen MR) is 92.3 cm³/mol. The second-order valence-corrected chi connectivity index (χ2v) is 5.68. The van der Waals surface area contributed by atoms with Gasteiger partial charge in [-0.1, -0.05) is 43.9 Å². The third-order valence-electron chi connectivity index (χ3n) is 4.13. The third-order valence-corrected chi connectivity index (χ3v) is 4.13. The van der Waals surface area contributed by atoms with Gasteiger partial charge in [0, 0.05) is 6.54 Å². The minimum absolute atomic E-state index is 0.721. The molecule has 0 bridgehead atoms. The van der Waals surface area contributed by atoms with Crippen LogP contribution < -0.4 is 0 Å². The molecule has 118 valence electrons. The maximum atomic E-state index is 5.65. The van der Waals surface area contributed by atoms with E-state index >= 15 is 0 Å². The smallest absolute Gasteiger partial charge is 0.112 e. The van der Waals surface area contributed by atoms with Gasteiger partial charge in [-0.2, -0.15) is 0 Å². The lowest BCUT2D eigenvalue weighted by atomic mass is 9.91. The summed E-state index contributed by atoms with van der Waals surface area (Å²) in [5.41, 5.74) is 1.43. The zero-order valence-electron chi connectivity index (χ0n) is 13.8. The Morgan fingerprint density at radius 3 is 2.76 bits per heavy atom. The molecular weight excluding hydrogens is 258 g/mol. The first kappa shape index (κ1) is 17.8. The van der Waals surface area contributed by atoms with Crippen LogP contribution in [0.5, 0.6) is 0 Å². The largest absolute Gasteiger partial charge is 0.493 e. The van der Waals surface area contributed by atoms with Gasteiger partial charge in [0.1, 0.15) is 12.4 Å². The minimum Gasteiger partial charge on any atom is -0.493 e.